The summed E-state index contributed by atoms with van der Waals surface area (Å²) in [5.41, 5.74) is -0.0373. The maximum absolute atomic E-state index is 12.3. The Morgan fingerprint density at radius 1 is 1.06 bits per heavy atom. The second kappa shape index (κ2) is 9.51. The number of rotatable bonds is 9. The normalized spacial score (nSPS) is 11.6. The number of aliphatic carboxylic acids is 2. The standard InChI is InChI=1S/C19H18N6O7/c26-13(27)6-5-12(18(30)31)23-16(28)9-1-3-10(4-2-9)20-7-11-8-21-15-14(22-11)17(29)25-19(32)24-15/h1-4,8,12,20H,5-7H2,(H,23,28)(H,26,27)(H,30,31)(H2,21,24,25,29,32). The molecule has 166 valence electrons. The molecule has 1 aromatic carbocycles. The van der Waals surface area contributed by atoms with Crippen LogP contribution >= 0.6 is 0 Å². The summed E-state index contributed by atoms with van der Waals surface area (Å²) in [6, 6.07) is 4.78. The van der Waals surface area contributed by atoms with Gasteiger partial charge in [0.1, 0.15) is 6.04 Å². The topological polar surface area (TPSA) is 207 Å². The third-order valence-corrected chi connectivity index (χ3v) is 4.37. The van der Waals surface area contributed by atoms with Crippen molar-refractivity contribution in [3.63, 3.8) is 0 Å². The quantitative estimate of drug-likeness (QED) is 0.254. The van der Waals surface area contributed by atoms with Gasteiger partial charge in [-0.05, 0) is 30.7 Å². The fourth-order valence-electron chi connectivity index (χ4n) is 2.76. The van der Waals surface area contributed by atoms with Crippen LogP contribution in [0.3, 0.4) is 0 Å². The van der Waals surface area contributed by atoms with Gasteiger partial charge in [-0.3, -0.25) is 24.4 Å². The summed E-state index contributed by atoms with van der Waals surface area (Å²) in [5.74, 6) is -3.13. The van der Waals surface area contributed by atoms with Gasteiger partial charge in [-0.1, -0.05) is 0 Å². The molecule has 0 bridgehead atoms. The average Bonchev–Trinajstić information content (AvgIpc) is 2.75. The van der Waals surface area contributed by atoms with Crippen molar-refractivity contribution in [1.82, 2.24) is 25.3 Å². The summed E-state index contributed by atoms with van der Waals surface area (Å²) in [4.78, 5) is 69.8. The van der Waals surface area contributed by atoms with Crippen LogP contribution in [0.1, 0.15) is 28.9 Å². The van der Waals surface area contributed by atoms with Crippen molar-refractivity contribution in [3.8, 4) is 0 Å². The number of carboxylic acids is 2. The van der Waals surface area contributed by atoms with Crippen LogP contribution in [0.4, 0.5) is 5.69 Å². The zero-order valence-corrected chi connectivity index (χ0v) is 16.4. The molecule has 13 heteroatoms. The number of carboxylic acid groups (broad SMARTS) is 2. The fraction of sp³-hybridized carbons (Fsp3) is 0.211. The van der Waals surface area contributed by atoms with Crippen LogP contribution in [0.15, 0.2) is 40.1 Å². The maximum Gasteiger partial charge on any atom is 0.327 e. The Morgan fingerprint density at radius 2 is 1.78 bits per heavy atom. The van der Waals surface area contributed by atoms with E-state index in [1.54, 1.807) is 12.1 Å². The number of amides is 1. The molecule has 0 spiro atoms. The molecule has 0 aliphatic carbocycles. The summed E-state index contributed by atoms with van der Waals surface area (Å²) in [6.07, 6.45) is 0.773. The molecule has 6 N–H and O–H groups in total. The van der Waals surface area contributed by atoms with Gasteiger partial charge in [0.05, 0.1) is 18.4 Å². The molecule has 0 aliphatic heterocycles. The average molecular weight is 442 g/mol. The highest BCUT2D eigenvalue weighted by molar-refractivity contribution is 5.96. The summed E-state index contributed by atoms with van der Waals surface area (Å²) >= 11 is 0. The van der Waals surface area contributed by atoms with Gasteiger partial charge in [-0.15, -0.1) is 0 Å². The summed E-state index contributed by atoms with van der Waals surface area (Å²) in [6.45, 7) is 0.198. The molecule has 32 heavy (non-hydrogen) atoms. The van der Waals surface area contributed by atoms with Crippen LogP contribution in [0, 0.1) is 0 Å². The molecule has 2 heterocycles. The number of carbonyl (C=O) groups excluding carboxylic acids is 1. The second-order valence-corrected chi connectivity index (χ2v) is 6.69. The Hall–Kier alpha value is -4.55. The van der Waals surface area contributed by atoms with Crippen molar-refractivity contribution in [2.75, 3.05) is 5.32 Å². The number of fused-ring (bicyclic) bond motifs is 1. The molecule has 0 fully saturated rings. The molecule has 1 unspecified atom stereocenters. The van der Waals surface area contributed by atoms with E-state index in [0.717, 1.165) is 0 Å². The van der Waals surface area contributed by atoms with Crippen LogP contribution in [0.25, 0.3) is 11.2 Å². The zero-order valence-electron chi connectivity index (χ0n) is 16.4. The van der Waals surface area contributed by atoms with E-state index in [4.69, 9.17) is 10.2 Å². The van der Waals surface area contributed by atoms with Crippen molar-refractivity contribution >= 4 is 34.7 Å². The highest BCUT2D eigenvalue weighted by atomic mass is 16.4. The smallest absolute Gasteiger partial charge is 0.327 e. The Labute approximate surface area is 178 Å². The van der Waals surface area contributed by atoms with Crippen molar-refractivity contribution in [2.45, 2.75) is 25.4 Å². The maximum atomic E-state index is 12.3. The van der Waals surface area contributed by atoms with Gasteiger partial charge in [0, 0.05) is 17.7 Å². The molecular weight excluding hydrogens is 424 g/mol. The third kappa shape index (κ3) is 5.53. The van der Waals surface area contributed by atoms with Gasteiger partial charge >= 0.3 is 17.6 Å². The first kappa shape index (κ1) is 22.1. The summed E-state index contributed by atoms with van der Waals surface area (Å²) in [7, 11) is 0. The largest absolute Gasteiger partial charge is 0.481 e. The van der Waals surface area contributed by atoms with Crippen molar-refractivity contribution < 1.29 is 24.6 Å². The molecule has 0 saturated heterocycles. The van der Waals surface area contributed by atoms with Gasteiger partial charge in [-0.25, -0.2) is 19.6 Å². The van der Waals surface area contributed by atoms with Gasteiger partial charge < -0.3 is 20.8 Å². The minimum absolute atomic E-state index is 0.00759. The van der Waals surface area contributed by atoms with Crippen LogP contribution in [0.2, 0.25) is 0 Å². The van der Waals surface area contributed by atoms with Crippen LogP contribution in [-0.2, 0) is 16.1 Å². The van der Waals surface area contributed by atoms with Crippen LogP contribution < -0.4 is 21.9 Å². The highest BCUT2D eigenvalue weighted by Crippen LogP contribution is 2.12. The predicted molar refractivity (Wildman–Crippen MR) is 110 cm³/mol. The number of H-pyrrole nitrogens is 2. The number of carbonyl (C=O) groups is 3. The molecule has 13 nitrogen and oxygen atoms in total. The number of hydrogen-bond donors (Lipinski definition) is 6. The zero-order chi connectivity index (χ0) is 23.3. The van der Waals surface area contributed by atoms with Gasteiger partial charge in [0.15, 0.2) is 11.2 Å². The Bertz CT molecular complexity index is 1280. The first-order valence-electron chi connectivity index (χ1n) is 9.30. The Balaban J connectivity index is 1.63. The Morgan fingerprint density at radius 3 is 2.44 bits per heavy atom. The Kier molecular flexibility index (Phi) is 6.58. The molecular formula is C19H18N6O7. The molecule has 3 rings (SSSR count). The summed E-state index contributed by atoms with van der Waals surface area (Å²) < 4.78 is 0. The third-order valence-electron chi connectivity index (χ3n) is 4.37. The van der Waals surface area contributed by atoms with Gasteiger partial charge in [0.25, 0.3) is 11.5 Å². The van der Waals surface area contributed by atoms with E-state index in [2.05, 4.69) is 30.6 Å². The van der Waals surface area contributed by atoms with E-state index in [1.165, 1.54) is 18.3 Å². The first-order valence-corrected chi connectivity index (χ1v) is 9.30. The van der Waals surface area contributed by atoms with E-state index in [1.807, 2.05) is 0 Å². The van der Waals surface area contributed by atoms with E-state index in [9.17, 15) is 24.0 Å². The number of hydrogen-bond acceptors (Lipinski definition) is 8. The van der Waals surface area contributed by atoms with Crippen molar-refractivity contribution in [3.05, 3.63) is 62.6 Å². The second-order valence-electron chi connectivity index (χ2n) is 6.69. The van der Waals surface area contributed by atoms with E-state index >= 15 is 0 Å². The fourth-order valence-corrected chi connectivity index (χ4v) is 2.76. The first-order chi connectivity index (χ1) is 15.2. The number of aromatic nitrogens is 4. The number of aromatic amines is 2. The lowest BCUT2D eigenvalue weighted by Crippen LogP contribution is -2.41. The number of anilines is 1. The lowest BCUT2D eigenvalue weighted by Gasteiger charge is -2.14. The predicted octanol–water partition coefficient (Wildman–Crippen LogP) is -0.334. The monoisotopic (exact) mass is 442 g/mol. The van der Waals surface area contributed by atoms with E-state index in [-0.39, 0.29) is 36.1 Å². The number of nitrogens with one attached hydrogen (secondary N) is 4. The van der Waals surface area contributed by atoms with Crippen molar-refractivity contribution in [2.24, 2.45) is 0 Å². The van der Waals surface area contributed by atoms with E-state index < -0.39 is 35.1 Å². The molecule has 0 radical (unpaired) electrons. The highest BCUT2D eigenvalue weighted by Gasteiger charge is 2.21. The van der Waals surface area contributed by atoms with Gasteiger partial charge in [-0.2, -0.15) is 0 Å². The lowest BCUT2D eigenvalue weighted by atomic mass is 10.1. The molecule has 3 aromatic rings. The number of nitrogens with zero attached hydrogens (tertiary/aromatic N) is 2. The molecule has 0 aliphatic rings. The summed E-state index contributed by atoms with van der Waals surface area (Å²) in [5, 5.41) is 23.1. The van der Waals surface area contributed by atoms with Crippen molar-refractivity contribution in [1.29, 1.82) is 0 Å². The van der Waals surface area contributed by atoms with Crippen LogP contribution in [0.5, 0.6) is 0 Å². The van der Waals surface area contributed by atoms with Crippen LogP contribution in [-0.4, -0.2) is 54.0 Å². The molecule has 1 atom stereocenters. The molecule has 0 saturated carbocycles. The minimum Gasteiger partial charge on any atom is -0.481 e. The van der Waals surface area contributed by atoms with E-state index in [0.29, 0.717) is 11.4 Å². The molecule has 1 amide bonds. The number of benzene rings is 1. The van der Waals surface area contributed by atoms with Gasteiger partial charge in [0.2, 0.25) is 0 Å². The molecule has 2 aromatic heterocycles. The minimum atomic E-state index is -1.32. The lowest BCUT2D eigenvalue weighted by molar-refractivity contribution is -0.140. The SMILES string of the molecule is O=C(O)CCC(NC(=O)c1ccc(NCc2cnc3[nH]c(=O)[nH]c(=O)c3n2)cc1)C(=O)O.